The summed E-state index contributed by atoms with van der Waals surface area (Å²) in [5, 5.41) is 0. The molecule has 35 heavy (non-hydrogen) atoms. The first-order valence-corrected chi connectivity index (χ1v) is 12.9. The Labute approximate surface area is 204 Å². The molecule has 1 unspecified atom stereocenters. The maximum absolute atomic E-state index is 12.7. The van der Waals surface area contributed by atoms with Crippen molar-refractivity contribution in [2.45, 2.75) is 37.0 Å². The second-order valence-electron chi connectivity index (χ2n) is 8.17. The van der Waals surface area contributed by atoms with Crippen LogP contribution in [0.25, 0.3) is 0 Å². The second kappa shape index (κ2) is 10.6. The number of hydrazine groups is 1. The van der Waals surface area contributed by atoms with Crippen molar-refractivity contribution in [3.8, 4) is 5.75 Å². The summed E-state index contributed by atoms with van der Waals surface area (Å²) >= 11 is 0. The highest BCUT2D eigenvalue weighted by molar-refractivity contribution is 7.92. The molecule has 3 N–H and O–H groups in total. The highest BCUT2D eigenvalue weighted by Crippen LogP contribution is 2.31. The highest BCUT2D eigenvalue weighted by Gasteiger charge is 2.26. The topological polar surface area (TPSA) is 114 Å². The lowest BCUT2D eigenvalue weighted by molar-refractivity contribution is -0.123. The second-order valence-corrected chi connectivity index (χ2v) is 9.86. The smallest absolute Gasteiger partial charge is 0.269 e. The van der Waals surface area contributed by atoms with Crippen molar-refractivity contribution in [2.75, 3.05) is 11.3 Å². The van der Waals surface area contributed by atoms with Crippen LogP contribution < -0.4 is 20.3 Å². The molecule has 2 amide bonds. The molecule has 3 aromatic rings. The molecule has 3 aromatic carbocycles. The van der Waals surface area contributed by atoms with Crippen LogP contribution in [0.1, 0.15) is 47.2 Å². The van der Waals surface area contributed by atoms with Gasteiger partial charge in [-0.3, -0.25) is 25.2 Å². The Balaban J connectivity index is 1.34. The molecule has 0 aliphatic heterocycles. The molecule has 8 nitrogen and oxygen atoms in total. The first-order valence-electron chi connectivity index (χ1n) is 11.4. The average Bonchev–Trinajstić information content (AvgIpc) is 2.87. The third kappa shape index (κ3) is 5.81. The maximum atomic E-state index is 12.7. The number of amides is 2. The predicted octanol–water partition coefficient (Wildman–Crippen LogP) is 3.77. The fourth-order valence-electron chi connectivity index (χ4n) is 4.09. The first kappa shape index (κ1) is 24.3. The van der Waals surface area contributed by atoms with E-state index in [9.17, 15) is 18.0 Å². The lowest BCUT2D eigenvalue weighted by Crippen LogP contribution is -2.44. The normalized spacial score (nSPS) is 14.9. The Hall–Kier alpha value is -3.85. The molecule has 182 valence electrons. The van der Waals surface area contributed by atoms with Crippen molar-refractivity contribution in [3.05, 3.63) is 89.5 Å². The zero-order chi connectivity index (χ0) is 24.8. The number of fused-ring (bicyclic) bond motifs is 1. The summed E-state index contributed by atoms with van der Waals surface area (Å²) in [7, 11) is -3.80. The van der Waals surface area contributed by atoms with Crippen LogP contribution in [0.3, 0.4) is 0 Å². The third-order valence-electron chi connectivity index (χ3n) is 5.83. The van der Waals surface area contributed by atoms with Gasteiger partial charge in [0.05, 0.1) is 17.4 Å². The number of sulfonamides is 1. The Morgan fingerprint density at radius 3 is 2.37 bits per heavy atom. The monoisotopic (exact) mass is 493 g/mol. The van der Waals surface area contributed by atoms with E-state index >= 15 is 0 Å². The van der Waals surface area contributed by atoms with Gasteiger partial charge in [0.2, 0.25) is 5.91 Å². The molecular weight excluding hydrogens is 466 g/mol. The van der Waals surface area contributed by atoms with Crippen molar-refractivity contribution < 1.29 is 22.7 Å². The Morgan fingerprint density at radius 1 is 0.943 bits per heavy atom. The van der Waals surface area contributed by atoms with Gasteiger partial charge < -0.3 is 4.74 Å². The number of nitrogens with one attached hydrogen (secondary N) is 3. The van der Waals surface area contributed by atoms with Gasteiger partial charge in [0.15, 0.2) is 0 Å². The number of aryl methyl sites for hydroxylation is 1. The van der Waals surface area contributed by atoms with Gasteiger partial charge in [0.25, 0.3) is 15.9 Å². The van der Waals surface area contributed by atoms with Crippen LogP contribution in [0.4, 0.5) is 5.69 Å². The number of benzene rings is 3. The molecule has 0 aromatic heterocycles. The van der Waals surface area contributed by atoms with Crippen LogP contribution in [0.2, 0.25) is 0 Å². The van der Waals surface area contributed by atoms with Crippen LogP contribution in [0.5, 0.6) is 5.75 Å². The number of hydrogen-bond acceptors (Lipinski definition) is 5. The van der Waals surface area contributed by atoms with E-state index in [2.05, 4.69) is 15.6 Å². The van der Waals surface area contributed by atoms with Crippen LogP contribution in [-0.2, 0) is 21.2 Å². The van der Waals surface area contributed by atoms with Gasteiger partial charge in [0.1, 0.15) is 5.75 Å². The van der Waals surface area contributed by atoms with Gasteiger partial charge in [-0.2, -0.15) is 0 Å². The molecule has 4 rings (SSSR count). The molecule has 0 saturated carbocycles. The van der Waals surface area contributed by atoms with Crippen LogP contribution in [0.15, 0.2) is 77.7 Å². The molecule has 0 saturated heterocycles. The molecular formula is C26H27N3O5S. The summed E-state index contributed by atoms with van der Waals surface area (Å²) in [5.74, 6) is -0.477. The quantitative estimate of drug-likeness (QED) is 0.434. The minimum atomic E-state index is -3.80. The highest BCUT2D eigenvalue weighted by atomic mass is 32.2. The van der Waals surface area contributed by atoms with E-state index in [-0.39, 0.29) is 22.3 Å². The molecule has 1 aliphatic rings. The average molecular weight is 494 g/mol. The number of rotatable bonds is 7. The SMILES string of the molecule is CCOc1ccc(S(=O)(=O)Nc2ccc(C(=O)NNC(=O)C3CCCc4ccccc43)cc2)cc1. The van der Waals surface area contributed by atoms with E-state index < -0.39 is 15.9 Å². The van der Waals surface area contributed by atoms with E-state index in [1.165, 1.54) is 36.4 Å². The Kier molecular flexibility index (Phi) is 7.36. The van der Waals surface area contributed by atoms with Crippen molar-refractivity contribution in [3.63, 3.8) is 0 Å². The molecule has 0 radical (unpaired) electrons. The van der Waals surface area contributed by atoms with Gasteiger partial charge in [-0.15, -0.1) is 0 Å². The minimum absolute atomic E-state index is 0.0924. The minimum Gasteiger partial charge on any atom is -0.494 e. The van der Waals surface area contributed by atoms with Crippen LogP contribution >= 0.6 is 0 Å². The van der Waals surface area contributed by atoms with Crippen LogP contribution in [0, 0.1) is 0 Å². The largest absolute Gasteiger partial charge is 0.494 e. The molecule has 0 heterocycles. The lowest BCUT2D eigenvalue weighted by atomic mass is 9.82. The van der Waals surface area contributed by atoms with Crippen molar-refractivity contribution in [2.24, 2.45) is 0 Å². The fourth-order valence-corrected chi connectivity index (χ4v) is 5.15. The molecule has 0 bridgehead atoms. The number of ether oxygens (including phenoxy) is 1. The molecule has 1 atom stereocenters. The summed E-state index contributed by atoms with van der Waals surface area (Å²) in [6, 6.07) is 19.9. The van der Waals surface area contributed by atoms with Crippen molar-refractivity contribution in [1.82, 2.24) is 10.9 Å². The number of hydrogen-bond donors (Lipinski definition) is 3. The third-order valence-corrected chi connectivity index (χ3v) is 7.23. The zero-order valence-corrected chi connectivity index (χ0v) is 20.1. The number of carbonyl (C=O) groups excluding carboxylic acids is 2. The zero-order valence-electron chi connectivity index (χ0n) is 19.3. The van der Waals surface area contributed by atoms with Crippen molar-refractivity contribution >= 4 is 27.5 Å². The predicted molar refractivity (Wildman–Crippen MR) is 133 cm³/mol. The van der Waals surface area contributed by atoms with E-state index in [0.717, 1.165) is 30.4 Å². The van der Waals surface area contributed by atoms with E-state index in [1.54, 1.807) is 12.1 Å². The summed E-state index contributed by atoms with van der Waals surface area (Å²) in [4.78, 5) is 25.3. The van der Waals surface area contributed by atoms with E-state index in [1.807, 2.05) is 31.2 Å². The summed E-state index contributed by atoms with van der Waals surface area (Å²) in [5.41, 5.74) is 7.70. The molecule has 0 fully saturated rings. The molecule has 9 heteroatoms. The van der Waals surface area contributed by atoms with Gasteiger partial charge >= 0.3 is 0 Å². The number of anilines is 1. The summed E-state index contributed by atoms with van der Waals surface area (Å²) in [6.07, 6.45) is 2.58. The standard InChI is InChI=1S/C26H27N3O5S/c1-2-34-21-14-16-22(17-15-21)35(32,33)29-20-12-10-19(11-13-20)25(30)27-28-26(31)24-9-5-7-18-6-3-4-8-23(18)24/h3-4,6,8,10-17,24,29H,2,5,7,9H2,1H3,(H,27,30)(H,28,31). The van der Waals surface area contributed by atoms with Crippen molar-refractivity contribution in [1.29, 1.82) is 0 Å². The van der Waals surface area contributed by atoms with Crippen LogP contribution in [-0.4, -0.2) is 26.8 Å². The Bertz CT molecular complexity index is 1310. The molecule has 0 spiro atoms. The van der Waals surface area contributed by atoms with Gasteiger partial charge in [-0.05, 0) is 85.8 Å². The molecule has 1 aliphatic carbocycles. The summed E-state index contributed by atoms with van der Waals surface area (Å²) in [6.45, 7) is 2.34. The number of carbonyl (C=O) groups is 2. The first-order chi connectivity index (χ1) is 16.9. The van der Waals surface area contributed by atoms with Gasteiger partial charge in [-0.1, -0.05) is 24.3 Å². The van der Waals surface area contributed by atoms with Gasteiger partial charge in [0, 0.05) is 11.3 Å². The summed E-state index contributed by atoms with van der Waals surface area (Å²) < 4.78 is 33.1. The lowest BCUT2D eigenvalue weighted by Gasteiger charge is -2.24. The Morgan fingerprint density at radius 2 is 1.66 bits per heavy atom. The van der Waals surface area contributed by atoms with E-state index in [0.29, 0.717) is 18.0 Å². The van der Waals surface area contributed by atoms with Gasteiger partial charge in [-0.25, -0.2) is 8.42 Å². The maximum Gasteiger partial charge on any atom is 0.269 e. The fraction of sp³-hybridized carbons (Fsp3) is 0.231. The van der Waals surface area contributed by atoms with E-state index in [4.69, 9.17) is 4.74 Å².